The van der Waals surface area contributed by atoms with Crippen molar-refractivity contribution in [1.29, 1.82) is 0 Å². The third kappa shape index (κ3) is 3.64. The lowest BCUT2D eigenvalue weighted by Crippen LogP contribution is -2.37. The van der Waals surface area contributed by atoms with Gasteiger partial charge >= 0.3 is 6.18 Å². The minimum Gasteiger partial charge on any atom is -0.459 e. The highest BCUT2D eigenvalue weighted by molar-refractivity contribution is 7.91. The summed E-state index contributed by atoms with van der Waals surface area (Å²) in [6.07, 6.45) is -3.86. The van der Waals surface area contributed by atoms with Crippen LogP contribution in [0.5, 0.6) is 0 Å². The second kappa shape index (κ2) is 6.79. The number of furan rings is 1. The molecule has 0 spiro atoms. The monoisotopic (exact) mass is 429 g/mol. The van der Waals surface area contributed by atoms with Gasteiger partial charge in [-0.05, 0) is 36.8 Å². The zero-order valence-electron chi connectivity index (χ0n) is 14.5. The molecule has 1 aliphatic rings. The van der Waals surface area contributed by atoms with Crippen LogP contribution in [0.1, 0.15) is 11.3 Å². The number of hydrogen-bond donors (Lipinski definition) is 0. The van der Waals surface area contributed by atoms with Crippen LogP contribution in [0.4, 0.5) is 13.2 Å². The van der Waals surface area contributed by atoms with Gasteiger partial charge in [0.2, 0.25) is 9.84 Å². The molecule has 0 atom stereocenters. The molecule has 0 N–H and O–H groups in total. The molecule has 0 fully saturated rings. The molecule has 28 heavy (non-hydrogen) atoms. The third-order valence-corrected chi connectivity index (χ3v) is 6.70. The van der Waals surface area contributed by atoms with Crippen LogP contribution >= 0.6 is 11.6 Å². The number of hydrogen-bond acceptors (Lipinski definition) is 4. The van der Waals surface area contributed by atoms with E-state index in [-0.39, 0.29) is 22.9 Å². The van der Waals surface area contributed by atoms with Crippen molar-refractivity contribution in [2.45, 2.75) is 28.9 Å². The number of fused-ring (bicyclic) bond motifs is 3. The second-order valence-corrected chi connectivity index (χ2v) is 9.08. The van der Waals surface area contributed by atoms with Crippen molar-refractivity contribution >= 4 is 32.4 Å². The Hall–Kier alpha value is -2.03. The Kier molecular flexibility index (Phi) is 4.68. The highest BCUT2D eigenvalue weighted by Gasteiger charge is 2.33. The lowest BCUT2D eigenvalue weighted by molar-refractivity contribution is -0.148. The molecule has 4 nitrogen and oxygen atoms in total. The van der Waals surface area contributed by atoms with E-state index in [1.54, 1.807) is 18.2 Å². The second-order valence-electron chi connectivity index (χ2n) is 6.70. The minimum absolute atomic E-state index is 0.0416. The molecular formula is C19H15ClF3NO3S. The van der Waals surface area contributed by atoms with Crippen molar-refractivity contribution in [3.63, 3.8) is 0 Å². The van der Waals surface area contributed by atoms with Crippen LogP contribution in [0.2, 0.25) is 5.02 Å². The first-order valence-electron chi connectivity index (χ1n) is 8.47. The summed E-state index contributed by atoms with van der Waals surface area (Å²) in [7, 11) is -3.79. The average Bonchev–Trinajstić information content (AvgIpc) is 2.97. The summed E-state index contributed by atoms with van der Waals surface area (Å²) in [5.41, 5.74) is 1.18. The predicted octanol–water partition coefficient (Wildman–Crippen LogP) is 4.84. The fraction of sp³-hybridized carbons (Fsp3) is 0.263. The molecule has 148 valence electrons. The molecular weight excluding hydrogens is 415 g/mol. The van der Waals surface area contributed by atoms with Crippen molar-refractivity contribution in [2.24, 2.45) is 0 Å². The van der Waals surface area contributed by atoms with E-state index in [1.807, 2.05) is 0 Å². The molecule has 0 aliphatic carbocycles. The third-order valence-electron chi connectivity index (χ3n) is 4.71. The molecule has 9 heteroatoms. The molecule has 1 aliphatic heterocycles. The molecule has 1 aromatic heterocycles. The van der Waals surface area contributed by atoms with Gasteiger partial charge in [-0.2, -0.15) is 13.2 Å². The van der Waals surface area contributed by atoms with Gasteiger partial charge in [0.1, 0.15) is 11.3 Å². The number of rotatable bonds is 3. The Morgan fingerprint density at radius 2 is 1.86 bits per heavy atom. The Morgan fingerprint density at radius 1 is 1.11 bits per heavy atom. The van der Waals surface area contributed by atoms with E-state index in [1.165, 1.54) is 29.2 Å². The van der Waals surface area contributed by atoms with E-state index >= 15 is 0 Å². The van der Waals surface area contributed by atoms with Gasteiger partial charge in [-0.1, -0.05) is 17.7 Å². The van der Waals surface area contributed by atoms with Gasteiger partial charge in [0.25, 0.3) is 0 Å². The standard InChI is InChI=1S/C19H15ClF3NO3S/c20-12-2-1-3-13(8-12)28(25,26)14-4-5-15-16-6-7-24(11-19(21,22)23)10-18(16)27-17(15)9-14/h1-5,8-9H,6-7,10-11H2. The lowest BCUT2D eigenvalue weighted by Gasteiger charge is -2.26. The fourth-order valence-electron chi connectivity index (χ4n) is 3.46. The van der Waals surface area contributed by atoms with Crippen molar-refractivity contribution in [1.82, 2.24) is 4.90 Å². The van der Waals surface area contributed by atoms with E-state index in [9.17, 15) is 21.6 Å². The maximum absolute atomic E-state index is 12.8. The Morgan fingerprint density at radius 3 is 2.57 bits per heavy atom. The highest BCUT2D eigenvalue weighted by Crippen LogP contribution is 2.34. The summed E-state index contributed by atoms with van der Waals surface area (Å²) >= 11 is 5.89. The summed E-state index contributed by atoms with van der Waals surface area (Å²) in [5, 5.41) is 1.03. The van der Waals surface area contributed by atoms with Crippen molar-refractivity contribution in [3.8, 4) is 0 Å². The minimum atomic E-state index is -4.28. The number of halogens is 4. The van der Waals surface area contributed by atoms with Gasteiger partial charge in [0.15, 0.2) is 0 Å². The van der Waals surface area contributed by atoms with Crippen LogP contribution in [-0.2, 0) is 22.8 Å². The van der Waals surface area contributed by atoms with E-state index in [0.717, 1.165) is 10.9 Å². The van der Waals surface area contributed by atoms with E-state index in [2.05, 4.69) is 0 Å². The van der Waals surface area contributed by atoms with Gasteiger partial charge in [-0.25, -0.2) is 8.42 Å². The van der Waals surface area contributed by atoms with Gasteiger partial charge in [0.05, 0.1) is 22.9 Å². The van der Waals surface area contributed by atoms with E-state index < -0.39 is 22.6 Å². The zero-order chi connectivity index (χ0) is 20.1. The quantitative estimate of drug-likeness (QED) is 0.598. The molecule has 0 radical (unpaired) electrons. The summed E-state index contributed by atoms with van der Waals surface area (Å²) in [4.78, 5) is 1.38. The van der Waals surface area contributed by atoms with Crippen LogP contribution < -0.4 is 0 Å². The van der Waals surface area contributed by atoms with Crippen molar-refractivity contribution in [2.75, 3.05) is 13.1 Å². The Labute approximate surface area is 164 Å². The predicted molar refractivity (Wildman–Crippen MR) is 98.2 cm³/mol. The van der Waals surface area contributed by atoms with Crippen molar-refractivity contribution < 1.29 is 26.0 Å². The molecule has 0 amide bonds. The van der Waals surface area contributed by atoms with Crippen molar-refractivity contribution in [3.05, 3.63) is 58.8 Å². The molecule has 0 unspecified atom stereocenters. The summed E-state index contributed by atoms with van der Waals surface area (Å²) < 4.78 is 69.4. The van der Waals surface area contributed by atoms with Gasteiger partial charge in [0, 0.05) is 28.6 Å². The SMILES string of the molecule is O=S(=O)(c1cccc(Cl)c1)c1ccc2c3c(oc2c1)CN(CC(F)(F)F)CC3. The lowest BCUT2D eigenvalue weighted by atomic mass is 10.0. The summed E-state index contributed by atoms with van der Waals surface area (Å²) in [5.74, 6) is 0.447. The number of sulfone groups is 1. The Balaban J connectivity index is 1.70. The molecule has 2 heterocycles. The van der Waals surface area contributed by atoms with Crippen LogP contribution in [0, 0.1) is 0 Å². The first-order chi connectivity index (χ1) is 13.1. The fourth-order valence-corrected chi connectivity index (χ4v) is 5.04. The van der Waals surface area contributed by atoms with E-state index in [0.29, 0.717) is 22.8 Å². The summed E-state index contributed by atoms with van der Waals surface area (Å²) in [6.45, 7) is -0.693. The zero-order valence-corrected chi connectivity index (χ0v) is 16.0. The van der Waals surface area contributed by atoms with Gasteiger partial charge in [-0.15, -0.1) is 0 Å². The largest absolute Gasteiger partial charge is 0.459 e. The van der Waals surface area contributed by atoms with E-state index in [4.69, 9.17) is 16.0 Å². The van der Waals surface area contributed by atoms with Gasteiger partial charge < -0.3 is 4.42 Å². The van der Waals surface area contributed by atoms with Crippen LogP contribution in [0.15, 0.2) is 56.7 Å². The Bertz CT molecular complexity index is 1150. The van der Waals surface area contributed by atoms with Crippen LogP contribution in [0.3, 0.4) is 0 Å². The van der Waals surface area contributed by atoms with Crippen LogP contribution in [0.25, 0.3) is 11.0 Å². The molecule has 0 bridgehead atoms. The molecule has 4 rings (SSSR count). The number of benzene rings is 2. The maximum atomic E-state index is 12.8. The molecule has 3 aromatic rings. The highest BCUT2D eigenvalue weighted by atomic mass is 35.5. The molecule has 0 saturated carbocycles. The number of nitrogens with zero attached hydrogens (tertiary/aromatic N) is 1. The molecule has 2 aromatic carbocycles. The average molecular weight is 430 g/mol. The number of alkyl halides is 3. The topological polar surface area (TPSA) is 50.5 Å². The first kappa shape index (κ1) is 19.3. The van der Waals surface area contributed by atoms with Gasteiger partial charge in [-0.3, -0.25) is 4.90 Å². The molecule has 0 saturated heterocycles. The summed E-state index contributed by atoms with van der Waals surface area (Å²) in [6, 6.07) is 10.5. The smallest absolute Gasteiger partial charge is 0.401 e. The normalized spacial score (nSPS) is 15.7. The first-order valence-corrected chi connectivity index (χ1v) is 10.3. The van der Waals surface area contributed by atoms with Crippen LogP contribution in [-0.4, -0.2) is 32.6 Å². The maximum Gasteiger partial charge on any atom is 0.401 e.